The lowest BCUT2D eigenvalue weighted by Gasteiger charge is -2.17. The van der Waals surface area contributed by atoms with Crippen LogP contribution < -0.4 is 11.1 Å². The van der Waals surface area contributed by atoms with Crippen LogP contribution in [0.1, 0.15) is 26.3 Å². The fourth-order valence-electron chi connectivity index (χ4n) is 1.39. The summed E-state index contributed by atoms with van der Waals surface area (Å²) in [5, 5.41) is 2.45. The molecule has 0 aliphatic carbocycles. The second-order valence-electron chi connectivity index (χ2n) is 4.98. The second-order valence-corrected chi connectivity index (χ2v) is 5.42. The predicted molar refractivity (Wildman–Crippen MR) is 71.5 cm³/mol. The minimum absolute atomic E-state index is 0.00389. The van der Waals surface area contributed by atoms with E-state index in [4.69, 9.17) is 17.3 Å². The van der Waals surface area contributed by atoms with Crippen LogP contribution in [-0.2, 0) is 6.18 Å². The van der Waals surface area contributed by atoms with Crippen LogP contribution >= 0.6 is 11.6 Å². The van der Waals surface area contributed by atoms with Gasteiger partial charge >= 0.3 is 6.18 Å². The lowest BCUT2D eigenvalue weighted by Crippen LogP contribution is -2.28. The van der Waals surface area contributed by atoms with Gasteiger partial charge in [-0.1, -0.05) is 11.6 Å². The Hall–Kier alpha value is -1.43. The van der Waals surface area contributed by atoms with Gasteiger partial charge in [-0.05, 0) is 39.0 Å². The van der Waals surface area contributed by atoms with Gasteiger partial charge < -0.3 is 11.1 Å². The number of nitrogens with zero attached hydrogens (tertiary/aromatic N) is 1. The van der Waals surface area contributed by atoms with Crippen LogP contribution in [0.5, 0.6) is 0 Å². The lowest BCUT2D eigenvalue weighted by atomic mass is 10.1. The third-order valence-corrected chi connectivity index (χ3v) is 2.24. The number of aliphatic imine (C=N–C) groups is 1. The normalized spacial score (nSPS) is 13.5. The van der Waals surface area contributed by atoms with Crippen molar-refractivity contribution in [1.29, 1.82) is 0 Å². The molecule has 1 aromatic rings. The molecule has 19 heavy (non-hydrogen) atoms. The Morgan fingerprint density at radius 2 is 1.84 bits per heavy atom. The summed E-state index contributed by atoms with van der Waals surface area (Å²) in [6, 6.07) is 3.41. The molecule has 0 spiro atoms. The third kappa shape index (κ3) is 4.98. The number of benzene rings is 1. The number of nitrogens with two attached hydrogens (primary N) is 1. The number of halogens is 4. The van der Waals surface area contributed by atoms with Gasteiger partial charge in [0.2, 0.25) is 0 Å². The van der Waals surface area contributed by atoms with Crippen molar-refractivity contribution in [2.75, 3.05) is 5.32 Å². The molecule has 0 aliphatic heterocycles. The van der Waals surface area contributed by atoms with Crippen molar-refractivity contribution in [3.63, 3.8) is 0 Å². The average Bonchev–Trinajstić information content (AvgIpc) is 2.16. The van der Waals surface area contributed by atoms with Crippen LogP contribution in [0, 0.1) is 0 Å². The van der Waals surface area contributed by atoms with Gasteiger partial charge in [-0.3, -0.25) is 0 Å². The van der Waals surface area contributed by atoms with Crippen LogP contribution in [0.15, 0.2) is 23.2 Å². The van der Waals surface area contributed by atoms with Gasteiger partial charge in [0.1, 0.15) is 0 Å². The fourth-order valence-corrected chi connectivity index (χ4v) is 1.56. The molecule has 0 radical (unpaired) electrons. The maximum absolute atomic E-state index is 12.8. The van der Waals surface area contributed by atoms with E-state index in [-0.39, 0.29) is 16.7 Å². The number of anilines is 1. The largest absolute Gasteiger partial charge is 0.418 e. The molecule has 0 bridgehead atoms. The standard InChI is InChI=1S/C12H15ClF3N3/c1-11(2,3)19-10(17)18-9-5-4-7(13)6-8(9)12(14,15)16/h4-6H,1-3H3,(H3,17,18,19). The zero-order valence-corrected chi connectivity index (χ0v) is 11.5. The third-order valence-electron chi connectivity index (χ3n) is 2.01. The summed E-state index contributed by atoms with van der Waals surface area (Å²) in [6.07, 6.45) is -4.52. The highest BCUT2D eigenvalue weighted by Gasteiger charge is 2.34. The molecule has 0 unspecified atom stereocenters. The summed E-state index contributed by atoms with van der Waals surface area (Å²) in [7, 11) is 0. The number of rotatable bonds is 1. The molecule has 3 nitrogen and oxygen atoms in total. The van der Waals surface area contributed by atoms with E-state index in [9.17, 15) is 13.2 Å². The van der Waals surface area contributed by atoms with E-state index in [1.54, 1.807) is 20.8 Å². The summed E-state index contributed by atoms with van der Waals surface area (Å²) in [5.74, 6) is -0.0830. The van der Waals surface area contributed by atoms with Crippen LogP contribution in [0.4, 0.5) is 18.9 Å². The van der Waals surface area contributed by atoms with Crippen molar-refractivity contribution in [2.24, 2.45) is 10.7 Å². The first-order valence-corrected chi connectivity index (χ1v) is 5.86. The van der Waals surface area contributed by atoms with E-state index in [1.807, 2.05) is 0 Å². The van der Waals surface area contributed by atoms with E-state index in [0.717, 1.165) is 6.07 Å². The van der Waals surface area contributed by atoms with Crippen molar-refractivity contribution < 1.29 is 13.2 Å². The van der Waals surface area contributed by atoms with Gasteiger partial charge in [0, 0.05) is 5.02 Å². The summed E-state index contributed by atoms with van der Waals surface area (Å²) in [6.45, 7) is 5.36. The van der Waals surface area contributed by atoms with Gasteiger partial charge in [-0.25, -0.2) is 4.99 Å². The Kier molecular flexibility index (Phi) is 4.35. The Balaban J connectivity index is 3.12. The summed E-state index contributed by atoms with van der Waals surface area (Å²) in [4.78, 5) is 4.03. The van der Waals surface area contributed by atoms with Crippen molar-refractivity contribution in [2.45, 2.75) is 32.5 Å². The molecule has 0 atom stereocenters. The van der Waals surface area contributed by atoms with E-state index in [2.05, 4.69) is 10.3 Å². The molecule has 1 aromatic carbocycles. The Morgan fingerprint density at radius 1 is 1.26 bits per heavy atom. The fraction of sp³-hybridized carbons (Fsp3) is 0.417. The van der Waals surface area contributed by atoms with Gasteiger partial charge in [0.05, 0.1) is 16.8 Å². The Bertz CT molecular complexity index is 490. The van der Waals surface area contributed by atoms with Crippen LogP contribution in [0.25, 0.3) is 0 Å². The van der Waals surface area contributed by atoms with Gasteiger partial charge in [-0.15, -0.1) is 0 Å². The smallest absolute Gasteiger partial charge is 0.370 e. The Morgan fingerprint density at radius 3 is 2.32 bits per heavy atom. The molecule has 0 heterocycles. The molecule has 0 saturated heterocycles. The highest BCUT2D eigenvalue weighted by atomic mass is 35.5. The minimum atomic E-state index is -4.52. The first-order chi connectivity index (χ1) is 8.49. The SMILES string of the molecule is CC(C)(C)N=C(N)Nc1ccc(Cl)cc1C(F)(F)F. The van der Waals surface area contributed by atoms with Gasteiger partial charge in [0.25, 0.3) is 0 Å². The zero-order chi connectivity index (χ0) is 14.8. The first-order valence-electron chi connectivity index (χ1n) is 5.48. The topological polar surface area (TPSA) is 50.4 Å². The highest BCUT2D eigenvalue weighted by molar-refractivity contribution is 6.30. The van der Waals surface area contributed by atoms with E-state index < -0.39 is 17.3 Å². The molecule has 0 amide bonds. The second kappa shape index (κ2) is 5.28. The monoisotopic (exact) mass is 293 g/mol. The van der Waals surface area contributed by atoms with E-state index in [0.29, 0.717) is 0 Å². The molecule has 106 valence electrons. The number of hydrogen-bond donors (Lipinski definition) is 2. The first kappa shape index (κ1) is 15.6. The molecule has 0 saturated carbocycles. The lowest BCUT2D eigenvalue weighted by molar-refractivity contribution is -0.136. The molecule has 7 heteroatoms. The van der Waals surface area contributed by atoms with Crippen molar-refractivity contribution in [3.05, 3.63) is 28.8 Å². The molecule has 1 rings (SSSR count). The van der Waals surface area contributed by atoms with Crippen LogP contribution in [0.2, 0.25) is 5.02 Å². The van der Waals surface area contributed by atoms with Crippen molar-refractivity contribution >= 4 is 23.2 Å². The van der Waals surface area contributed by atoms with Crippen molar-refractivity contribution in [1.82, 2.24) is 0 Å². The molecule has 0 fully saturated rings. The molecule has 0 aliphatic rings. The van der Waals surface area contributed by atoms with Crippen LogP contribution in [-0.4, -0.2) is 11.5 Å². The maximum atomic E-state index is 12.8. The number of guanidine groups is 1. The Labute approximate surface area is 114 Å². The number of alkyl halides is 3. The predicted octanol–water partition coefficient (Wildman–Crippen LogP) is 3.88. The molecular formula is C12H15ClF3N3. The average molecular weight is 294 g/mol. The summed E-state index contributed by atoms with van der Waals surface area (Å²) >= 11 is 5.58. The molecular weight excluding hydrogens is 279 g/mol. The minimum Gasteiger partial charge on any atom is -0.370 e. The summed E-state index contributed by atoms with van der Waals surface area (Å²) in [5.41, 5.74) is 4.04. The maximum Gasteiger partial charge on any atom is 0.418 e. The van der Waals surface area contributed by atoms with Gasteiger partial charge in [-0.2, -0.15) is 13.2 Å². The summed E-state index contributed by atoms with van der Waals surface area (Å²) < 4.78 is 38.5. The van der Waals surface area contributed by atoms with Crippen molar-refractivity contribution in [3.8, 4) is 0 Å². The highest BCUT2D eigenvalue weighted by Crippen LogP contribution is 2.36. The number of hydrogen-bond acceptors (Lipinski definition) is 1. The van der Waals surface area contributed by atoms with E-state index in [1.165, 1.54) is 12.1 Å². The molecule has 0 aromatic heterocycles. The van der Waals surface area contributed by atoms with Gasteiger partial charge in [0.15, 0.2) is 5.96 Å². The van der Waals surface area contributed by atoms with E-state index >= 15 is 0 Å². The molecule has 3 N–H and O–H groups in total. The van der Waals surface area contributed by atoms with Crippen LogP contribution in [0.3, 0.4) is 0 Å². The zero-order valence-electron chi connectivity index (χ0n) is 10.8. The quantitative estimate of drug-likeness (QED) is 0.610. The number of nitrogens with one attached hydrogen (secondary N) is 1.